The molecule has 0 aromatic heterocycles. The van der Waals surface area contributed by atoms with Crippen molar-refractivity contribution in [3.05, 3.63) is 35.4 Å². The van der Waals surface area contributed by atoms with Gasteiger partial charge < -0.3 is 11.1 Å². The zero-order valence-corrected chi connectivity index (χ0v) is 10.1. The summed E-state index contributed by atoms with van der Waals surface area (Å²) in [7, 11) is 0. The SMILES string of the molecule is Cc1cccc(CNC2CCCC(N)C2)c1. The molecule has 2 heteroatoms. The smallest absolute Gasteiger partial charge is 0.0208 e. The summed E-state index contributed by atoms with van der Waals surface area (Å²) in [6, 6.07) is 9.71. The predicted molar refractivity (Wildman–Crippen MR) is 68.3 cm³/mol. The van der Waals surface area contributed by atoms with Crippen LogP contribution in [0.15, 0.2) is 24.3 Å². The van der Waals surface area contributed by atoms with Crippen LogP contribution in [0.2, 0.25) is 0 Å². The van der Waals surface area contributed by atoms with Crippen molar-refractivity contribution in [1.82, 2.24) is 5.32 Å². The van der Waals surface area contributed by atoms with Gasteiger partial charge in [-0.2, -0.15) is 0 Å². The molecule has 2 unspecified atom stereocenters. The molecule has 0 spiro atoms. The maximum Gasteiger partial charge on any atom is 0.0208 e. The summed E-state index contributed by atoms with van der Waals surface area (Å²) in [4.78, 5) is 0. The van der Waals surface area contributed by atoms with Crippen LogP contribution in [0.3, 0.4) is 0 Å². The minimum absolute atomic E-state index is 0.406. The first kappa shape index (κ1) is 11.6. The zero-order chi connectivity index (χ0) is 11.4. The van der Waals surface area contributed by atoms with E-state index in [4.69, 9.17) is 5.73 Å². The Balaban J connectivity index is 1.82. The molecule has 1 saturated carbocycles. The molecule has 0 saturated heterocycles. The van der Waals surface area contributed by atoms with Crippen LogP contribution in [0.4, 0.5) is 0 Å². The molecule has 0 heterocycles. The molecule has 0 radical (unpaired) electrons. The Kier molecular flexibility index (Phi) is 3.97. The Morgan fingerprint density at radius 1 is 1.38 bits per heavy atom. The molecule has 2 nitrogen and oxygen atoms in total. The van der Waals surface area contributed by atoms with Crippen molar-refractivity contribution in [3.8, 4) is 0 Å². The number of rotatable bonds is 3. The summed E-state index contributed by atoms with van der Waals surface area (Å²) in [5.74, 6) is 0. The average molecular weight is 218 g/mol. The van der Waals surface area contributed by atoms with E-state index in [0.717, 1.165) is 13.0 Å². The van der Waals surface area contributed by atoms with Crippen molar-refractivity contribution in [1.29, 1.82) is 0 Å². The zero-order valence-electron chi connectivity index (χ0n) is 10.1. The van der Waals surface area contributed by atoms with Gasteiger partial charge in [0.1, 0.15) is 0 Å². The van der Waals surface area contributed by atoms with Crippen molar-refractivity contribution in [2.45, 2.75) is 51.2 Å². The van der Waals surface area contributed by atoms with Gasteiger partial charge >= 0.3 is 0 Å². The number of aryl methyl sites for hydroxylation is 1. The van der Waals surface area contributed by atoms with Crippen molar-refractivity contribution >= 4 is 0 Å². The first-order valence-electron chi connectivity index (χ1n) is 6.28. The van der Waals surface area contributed by atoms with Gasteiger partial charge in [-0.15, -0.1) is 0 Å². The third-order valence-corrected chi connectivity index (χ3v) is 3.39. The van der Waals surface area contributed by atoms with E-state index in [1.807, 2.05) is 0 Å². The van der Waals surface area contributed by atoms with Gasteiger partial charge in [-0.25, -0.2) is 0 Å². The number of benzene rings is 1. The van der Waals surface area contributed by atoms with Crippen LogP contribution in [0.5, 0.6) is 0 Å². The maximum atomic E-state index is 5.98. The lowest BCUT2D eigenvalue weighted by Crippen LogP contribution is -2.39. The van der Waals surface area contributed by atoms with Crippen LogP contribution in [0.25, 0.3) is 0 Å². The van der Waals surface area contributed by atoms with Crippen LogP contribution in [0, 0.1) is 6.92 Å². The van der Waals surface area contributed by atoms with E-state index in [2.05, 4.69) is 36.5 Å². The molecule has 1 aliphatic carbocycles. The van der Waals surface area contributed by atoms with Crippen molar-refractivity contribution in [3.63, 3.8) is 0 Å². The van der Waals surface area contributed by atoms with Gasteiger partial charge in [0, 0.05) is 18.6 Å². The molecule has 0 amide bonds. The fraction of sp³-hybridized carbons (Fsp3) is 0.571. The molecular weight excluding hydrogens is 196 g/mol. The summed E-state index contributed by atoms with van der Waals surface area (Å²) in [6.07, 6.45) is 4.88. The highest BCUT2D eigenvalue weighted by Crippen LogP contribution is 2.17. The number of nitrogens with one attached hydrogen (secondary N) is 1. The lowest BCUT2D eigenvalue weighted by Gasteiger charge is -2.27. The third kappa shape index (κ3) is 3.32. The first-order valence-corrected chi connectivity index (χ1v) is 6.28. The Morgan fingerprint density at radius 2 is 2.25 bits per heavy atom. The van der Waals surface area contributed by atoms with Crippen LogP contribution < -0.4 is 11.1 Å². The minimum atomic E-state index is 0.406. The van der Waals surface area contributed by atoms with E-state index >= 15 is 0 Å². The Bertz CT molecular complexity index is 335. The maximum absolute atomic E-state index is 5.98. The highest BCUT2D eigenvalue weighted by molar-refractivity contribution is 5.22. The van der Waals surface area contributed by atoms with E-state index < -0.39 is 0 Å². The molecule has 2 rings (SSSR count). The van der Waals surface area contributed by atoms with E-state index in [-0.39, 0.29) is 0 Å². The minimum Gasteiger partial charge on any atom is -0.328 e. The summed E-state index contributed by atoms with van der Waals surface area (Å²) in [6.45, 7) is 3.11. The normalized spacial score (nSPS) is 25.6. The summed E-state index contributed by atoms with van der Waals surface area (Å²) >= 11 is 0. The summed E-state index contributed by atoms with van der Waals surface area (Å²) in [5, 5.41) is 3.62. The largest absolute Gasteiger partial charge is 0.328 e. The topological polar surface area (TPSA) is 38.0 Å². The van der Waals surface area contributed by atoms with E-state index in [1.165, 1.54) is 30.4 Å². The van der Waals surface area contributed by atoms with Gasteiger partial charge in [-0.1, -0.05) is 36.2 Å². The molecule has 1 aromatic carbocycles. The molecule has 0 bridgehead atoms. The third-order valence-electron chi connectivity index (χ3n) is 3.39. The molecule has 1 aromatic rings. The van der Waals surface area contributed by atoms with Crippen molar-refractivity contribution < 1.29 is 0 Å². The van der Waals surface area contributed by atoms with Gasteiger partial charge in [0.25, 0.3) is 0 Å². The summed E-state index contributed by atoms with van der Waals surface area (Å²) in [5.41, 5.74) is 8.69. The van der Waals surface area contributed by atoms with Gasteiger partial charge in [-0.05, 0) is 31.7 Å². The quantitative estimate of drug-likeness (QED) is 0.817. The number of hydrogen-bond donors (Lipinski definition) is 2. The second-order valence-electron chi connectivity index (χ2n) is 4.99. The molecule has 2 atom stereocenters. The van der Waals surface area contributed by atoms with Crippen molar-refractivity contribution in [2.75, 3.05) is 0 Å². The average Bonchev–Trinajstić information content (AvgIpc) is 2.27. The lowest BCUT2D eigenvalue weighted by atomic mass is 9.91. The van der Waals surface area contributed by atoms with Gasteiger partial charge in [0.2, 0.25) is 0 Å². The fourth-order valence-corrected chi connectivity index (χ4v) is 2.50. The second-order valence-corrected chi connectivity index (χ2v) is 4.99. The molecular formula is C14H22N2. The van der Waals surface area contributed by atoms with E-state index in [9.17, 15) is 0 Å². The number of hydrogen-bond acceptors (Lipinski definition) is 2. The molecule has 0 aliphatic heterocycles. The highest BCUT2D eigenvalue weighted by Gasteiger charge is 2.18. The fourth-order valence-electron chi connectivity index (χ4n) is 2.50. The van der Waals surface area contributed by atoms with Gasteiger partial charge in [0.15, 0.2) is 0 Å². The summed E-state index contributed by atoms with van der Waals surface area (Å²) < 4.78 is 0. The van der Waals surface area contributed by atoms with Crippen LogP contribution in [-0.4, -0.2) is 12.1 Å². The Labute approximate surface area is 98.2 Å². The van der Waals surface area contributed by atoms with Crippen LogP contribution in [-0.2, 0) is 6.54 Å². The Morgan fingerprint density at radius 3 is 3.00 bits per heavy atom. The van der Waals surface area contributed by atoms with Crippen LogP contribution >= 0.6 is 0 Å². The predicted octanol–water partition coefficient (Wildman–Crippen LogP) is 2.35. The molecule has 1 fully saturated rings. The van der Waals surface area contributed by atoms with E-state index in [1.54, 1.807) is 0 Å². The monoisotopic (exact) mass is 218 g/mol. The lowest BCUT2D eigenvalue weighted by molar-refractivity contribution is 0.338. The molecule has 88 valence electrons. The molecule has 1 aliphatic rings. The second kappa shape index (κ2) is 5.46. The van der Waals surface area contributed by atoms with Gasteiger partial charge in [-0.3, -0.25) is 0 Å². The highest BCUT2D eigenvalue weighted by atomic mass is 14.9. The van der Waals surface area contributed by atoms with Crippen LogP contribution in [0.1, 0.15) is 36.8 Å². The molecule has 16 heavy (non-hydrogen) atoms. The standard InChI is InChI=1S/C14H22N2/c1-11-4-2-5-12(8-11)10-16-14-7-3-6-13(15)9-14/h2,4-5,8,13-14,16H,3,6-7,9-10,15H2,1H3. The Hall–Kier alpha value is -0.860. The first-order chi connectivity index (χ1) is 7.74. The van der Waals surface area contributed by atoms with Crippen molar-refractivity contribution in [2.24, 2.45) is 5.73 Å². The van der Waals surface area contributed by atoms with E-state index in [0.29, 0.717) is 12.1 Å². The molecule has 3 N–H and O–H groups in total. The van der Waals surface area contributed by atoms with Gasteiger partial charge in [0.05, 0.1) is 0 Å². The number of nitrogens with two attached hydrogens (primary N) is 1.